The van der Waals surface area contributed by atoms with Crippen LogP contribution >= 0.6 is 0 Å². The number of carbonyl (C=O) groups excluding carboxylic acids is 2. The van der Waals surface area contributed by atoms with Crippen LogP contribution in [0.3, 0.4) is 0 Å². The highest BCUT2D eigenvalue weighted by Gasteiger charge is 2.34. The summed E-state index contributed by atoms with van der Waals surface area (Å²) in [7, 11) is 0. The van der Waals surface area contributed by atoms with Crippen LogP contribution in [0.2, 0.25) is 0 Å². The Morgan fingerprint density at radius 1 is 1.23 bits per heavy atom. The van der Waals surface area contributed by atoms with Crippen molar-refractivity contribution in [2.75, 3.05) is 13.4 Å². The van der Waals surface area contributed by atoms with E-state index in [9.17, 15) is 9.59 Å². The Hall–Kier alpha value is -4.01. The molecule has 1 atom stereocenters. The maximum absolute atomic E-state index is 13.0. The van der Waals surface area contributed by atoms with Crippen molar-refractivity contribution in [3.05, 3.63) is 65.6 Å². The predicted octanol–water partition coefficient (Wildman–Crippen LogP) is 2.64. The first-order valence-electron chi connectivity index (χ1n) is 9.91. The molecule has 2 aliphatic heterocycles. The molecule has 9 nitrogen and oxygen atoms in total. The van der Waals surface area contributed by atoms with E-state index >= 15 is 0 Å². The van der Waals surface area contributed by atoms with Crippen LogP contribution in [-0.4, -0.2) is 35.0 Å². The molecule has 9 heteroatoms. The third kappa shape index (κ3) is 3.43. The number of allylic oxidation sites excluding steroid dienone is 1. The molecule has 3 aromatic rings. The summed E-state index contributed by atoms with van der Waals surface area (Å²) in [5.41, 5.74) is 3.19. The number of rotatable bonds is 5. The van der Waals surface area contributed by atoms with E-state index < -0.39 is 18.0 Å². The van der Waals surface area contributed by atoms with E-state index in [-0.39, 0.29) is 19.9 Å². The molecule has 158 valence electrons. The Morgan fingerprint density at radius 3 is 2.94 bits per heavy atom. The largest absolute Gasteiger partial charge is 0.463 e. The van der Waals surface area contributed by atoms with Gasteiger partial charge in [0.05, 0.1) is 47.8 Å². The van der Waals surface area contributed by atoms with Gasteiger partial charge in [-0.3, -0.25) is 0 Å². The number of nitrogens with one attached hydrogen (secondary N) is 2. The molecule has 0 saturated heterocycles. The van der Waals surface area contributed by atoms with Crippen molar-refractivity contribution in [2.45, 2.75) is 19.5 Å². The summed E-state index contributed by atoms with van der Waals surface area (Å²) >= 11 is 0. The van der Waals surface area contributed by atoms with Crippen molar-refractivity contribution in [1.29, 1.82) is 0 Å². The summed E-state index contributed by atoms with van der Waals surface area (Å²) < 4.78 is 18.0. The lowest BCUT2D eigenvalue weighted by atomic mass is 9.94. The van der Waals surface area contributed by atoms with E-state index in [1.54, 1.807) is 31.5 Å². The van der Waals surface area contributed by atoms with Gasteiger partial charge in [0.2, 0.25) is 6.79 Å². The molecule has 0 unspecified atom stereocenters. The van der Waals surface area contributed by atoms with E-state index in [4.69, 9.17) is 14.2 Å². The van der Waals surface area contributed by atoms with Gasteiger partial charge in [0, 0.05) is 0 Å². The molecule has 2 aromatic carbocycles. The number of benzene rings is 2. The quantitative estimate of drug-likeness (QED) is 0.615. The molecular formula is C22H20N4O5. The fourth-order valence-electron chi connectivity index (χ4n) is 3.84. The van der Waals surface area contributed by atoms with Gasteiger partial charge in [-0.2, -0.15) is 0 Å². The number of nitrogens with zero attached hydrogens (tertiary/aromatic N) is 2. The third-order valence-electron chi connectivity index (χ3n) is 5.23. The standard InChI is InChI=1S/C22H20N4O5/c1-2-29-21(27)19-15(10-26-11-23-14-5-3-4-6-16(14)26)24-22(28)25-20(19)13-7-8-17-18(9-13)31-12-30-17/h3-9,11,20H,2,10,12H2,1H3,(H2,24,25,28)/t20-/m1/s1. The summed E-state index contributed by atoms with van der Waals surface area (Å²) in [5.74, 6) is 0.684. The van der Waals surface area contributed by atoms with Gasteiger partial charge in [-0.1, -0.05) is 18.2 Å². The third-order valence-corrected chi connectivity index (χ3v) is 5.23. The van der Waals surface area contributed by atoms with Crippen LogP contribution in [0.15, 0.2) is 60.1 Å². The molecular weight excluding hydrogens is 400 g/mol. The number of imidazole rings is 1. The van der Waals surface area contributed by atoms with Crippen LogP contribution in [0.4, 0.5) is 4.79 Å². The van der Waals surface area contributed by atoms with Crippen molar-refractivity contribution in [2.24, 2.45) is 0 Å². The molecule has 2 aliphatic rings. The van der Waals surface area contributed by atoms with Gasteiger partial charge in [-0.15, -0.1) is 0 Å². The van der Waals surface area contributed by atoms with Gasteiger partial charge >= 0.3 is 12.0 Å². The van der Waals surface area contributed by atoms with Gasteiger partial charge in [-0.25, -0.2) is 14.6 Å². The van der Waals surface area contributed by atoms with Gasteiger partial charge in [0.15, 0.2) is 11.5 Å². The first-order valence-corrected chi connectivity index (χ1v) is 9.91. The van der Waals surface area contributed by atoms with Gasteiger partial charge in [0.1, 0.15) is 0 Å². The first-order chi connectivity index (χ1) is 15.1. The van der Waals surface area contributed by atoms with Crippen LogP contribution in [0.5, 0.6) is 11.5 Å². The van der Waals surface area contributed by atoms with Crippen molar-refractivity contribution in [1.82, 2.24) is 20.2 Å². The van der Waals surface area contributed by atoms with Crippen LogP contribution in [-0.2, 0) is 16.1 Å². The average Bonchev–Trinajstić information content (AvgIpc) is 3.40. The monoisotopic (exact) mass is 420 g/mol. The molecule has 31 heavy (non-hydrogen) atoms. The lowest BCUT2D eigenvalue weighted by molar-refractivity contribution is -0.139. The number of fused-ring (bicyclic) bond motifs is 2. The summed E-state index contributed by atoms with van der Waals surface area (Å²) in [6, 6.07) is 11.9. The maximum atomic E-state index is 13.0. The van der Waals surface area contributed by atoms with Gasteiger partial charge in [-0.05, 0) is 36.8 Å². The average molecular weight is 420 g/mol. The molecule has 0 bridgehead atoms. The number of aromatic nitrogens is 2. The minimum atomic E-state index is -0.702. The fourth-order valence-corrected chi connectivity index (χ4v) is 3.84. The predicted molar refractivity (Wildman–Crippen MR) is 110 cm³/mol. The number of ether oxygens (including phenoxy) is 3. The van der Waals surface area contributed by atoms with E-state index in [1.165, 1.54) is 0 Å². The Balaban J connectivity index is 1.60. The summed E-state index contributed by atoms with van der Waals surface area (Å²) in [5, 5.41) is 5.62. The second kappa shape index (κ2) is 7.67. The van der Waals surface area contributed by atoms with Crippen LogP contribution in [0.1, 0.15) is 18.5 Å². The van der Waals surface area contributed by atoms with E-state index in [1.807, 2.05) is 28.8 Å². The number of para-hydroxylation sites is 2. The number of urea groups is 1. The van der Waals surface area contributed by atoms with Crippen LogP contribution in [0.25, 0.3) is 11.0 Å². The summed E-state index contributed by atoms with van der Waals surface area (Å²) in [6.07, 6.45) is 1.68. The van der Waals surface area contributed by atoms with Crippen molar-refractivity contribution in [3.8, 4) is 11.5 Å². The van der Waals surface area contributed by atoms with E-state index in [0.717, 1.165) is 11.0 Å². The number of hydrogen-bond donors (Lipinski definition) is 2. The number of amides is 2. The SMILES string of the molecule is CCOC(=O)C1=C(Cn2cnc3ccccc32)NC(=O)N[C@@H]1c1ccc2c(c1)OCO2. The minimum Gasteiger partial charge on any atom is -0.463 e. The molecule has 1 aromatic heterocycles. The molecule has 0 radical (unpaired) electrons. The number of hydrogen-bond acceptors (Lipinski definition) is 6. The highest BCUT2D eigenvalue weighted by molar-refractivity contribution is 5.95. The Kier molecular flexibility index (Phi) is 4.70. The Labute approximate surface area is 177 Å². The van der Waals surface area contributed by atoms with Crippen molar-refractivity contribution < 1.29 is 23.8 Å². The zero-order chi connectivity index (χ0) is 21.4. The molecule has 3 heterocycles. The molecule has 2 N–H and O–H groups in total. The molecule has 0 aliphatic carbocycles. The number of esters is 1. The lowest BCUT2D eigenvalue weighted by Crippen LogP contribution is -2.46. The minimum absolute atomic E-state index is 0.136. The molecule has 0 saturated carbocycles. The zero-order valence-corrected chi connectivity index (χ0v) is 16.8. The van der Waals surface area contributed by atoms with Gasteiger partial charge in [0.25, 0.3) is 0 Å². The summed E-state index contributed by atoms with van der Waals surface area (Å²) in [6.45, 7) is 2.34. The number of carbonyl (C=O) groups is 2. The smallest absolute Gasteiger partial charge is 0.338 e. The molecule has 0 fully saturated rings. The lowest BCUT2D eigenvalue weighted by Gasteiger charge is -2.29. The topological polar surface area (TPSA) is 104 Å². The second-order valence-corrected chi connectivity index (χ2v) is 7.12. The maximum Gasteiger partial charge on any atom is 0.338 e. The van der Waals surface area contributed by atoms with Gasteiger partial charge < -0.3 is 29.4 Å². The van der Waals surface area contributed by atoms with Crippen LogP contribution in [0, 0.1) is 0 Å². The summed E-state index contributed by atoms with van der Waals surface area (Å²) in [4.78, 5) is 29.9. The van der Waals surface area contributed by atoms with Crippen molar-refractivity contribution >= 4 is 23.0 Å². The van der Waals surface area contributed by atoms with E-state index in [0.29, 0.717) is 28.3 Å². The molecule has 5 rings (SSSR count). The van der Waals surface area contributed by atoms with E-state index in [2.05, 4.69) is 15.6 Å². The fraction of sp³-hybridized carbons (Fsp3) is 0.227. The Bertz CT molecular complexity index is 1220. The zero-order valence-electron chi connectivity index (χ0n) is 16.8. The highest BCUT2D eigenvalue weighted by Crippen LogP contribution is 2.37. The normalized spacial score (nSPS) is 17.5. The Morgan fingerprint density at radius 2 is 2.06 bits per heavy atom. The molecule has 0 spiro atoms. The van der Waals surface area contributed by atoms with Crippen molar-refractivity contribution in [3.63, 3.8) is 0 Å². The highest BCUT2D eigenvalue weighted by atomic mass is 16.7. The first kappa shape index (κ1) is 19.0. The van der Waals surface area contributed by atoms with Crippen LogP contribution < -0.4 is 20.1 Å². The second-order valence-electron chi connectivity index (χ2n) is 7.12. The molecule has 2 amide bonds.